The Labute approximate surface area is 98.8 Å². The number of rotatable bonds is 5. The molecule has 3 heteroatoms. The first-order valence-corrected chi connectivity index (χ1v) is 6.07. The van der Waals surface area contributed by atoms with Crippen LogP contribution in [0.1, 0.15) is 29.3 Å². The van der Waals surface area contributed by atoms with Crippen molar-refractivity contribution in [2.45, 2.75) is 20.3 Å². The van der Waals surface area contributed by atoms with Crippen molar-refractivity contribution >= 4 is 21.7 Å². The van der Waals surface area contributed by atoms with E-state index in [1.54, 1.807) is 6.92 Å². The van der Waals surface area contributed by atoms with Gasteiger partial charge in [0.05, 0.1) is 6.61 Å². The summed E-state index contributed by atoms with van der Waals surface area (Å²) in [5.41, 5.74) is 1.74. The molecule has 0 saturated carbocycles. The highest BCUT2D eigenvalue weighted by Gasteiger charge is 2.04. The van der Waals surface area contributed by atoms with Gasteiger partial charge in [0, 0.05) is 10.9 Å². The lowest BCUT2D eigenvalue weighted by Gasteiger charge is -2.07. The summed E-state index contributed by atoms with van der Waals surface area (Å²) in [6.07, 6.45) is 0.980. The Bertz CT molecular complexity index is 347. The molecule has 0 radical (unpaired) electrons. The lowest BCUT2D eigenvalue weighted by molar-refractivity contribution is 0.101. The van der Waals surface area contributed by atoms with Crippen molar-refractivity contribution in [3.05, 3.63) is 29.3 Å². The smallest absolute Gasteiger partial charge is 0.160 e. The second-order valence-electron chi connectivity index (χ2n) is 3.42. The number of carbonyl (C=O) groups is 1. The first kappa shape index (κ1) is 12.2. The van der Waals surface area contributed by atoms with E-state index in [2.05, 4.69) is 15.9 Å². The Balaban J connectivity index is 2.69. The van der Waals surface area contributed by atoms with Crippen molar-refractivity contribution in [1.82, 2.24) is 0 Å². The number of halogens is 1. The average Bonchev–Trinajstić information content (AvgIpc) is 2.17. The molecule has 15 heavy (non-hydrogen) atoms. The van der Waals surface area contributed by atoms with Crippen molar-refractivity contribution in [1.29, 1.82) is 0 Å². The molecule has 0 saturated heterocycles. The van der Waals surface area contributed by atoms with Gasteiger partial charge in [0.1, 0.15) is 5.75 Å². The van der Waals surface area contributed by atoms with Crippen LogP contribution in [0, 0.1) is 6.92 Å². The van der Waals surface area contributed by atoms with E-state index in [0.29, 0.717) is 6.61 Å². The number of hydrogen-bond acceptors (Lipinski definition) is 2. The normalized spacial score (nSPS) is 10.1. The molecular weight excluding hydrogens is 256 g/mol. The Morgan fingerprint density at radius 1 is 1.47 bits per heavy atom. The van der Waals surface area contributed by atoms with E-state index in [1.807, 2.05) is 25.1 Å². The largest absolute Gasteiger partial charge is 0.494 e. The fraction of sp³-hybridized carbons (Fsp3) is 0.417. The fourth-order valence-electron chi connectivity index (χ4n) is 1.37. The predicted octanol–water partition coefficient (Wildman–Crippen LogP) is 3.36. The molecule has 0 spiro atoms. The summed E-state index contributed by atoms with van der Waals surface area (Å²) in [5.74, 6) is 0.929. The number of hydrogen-bond donors (Lipinski definition) is 0. The van der Waals surface area contributed by atoms with Crippen LogP contribution in [0.5, 0.6) is 5.75 Å². The molecular formula is C12H15BrO2. The summed E-state index contributed by atoms with van der Waals surface area (Å²) >= 11 is 3.34. The van der Waals surface area contributed by atoms with Crippen LogP contribution in [-0.2, 0) is 0 Å². The second kappa shape index (κ2) is 5.91. The summed E-state index contributed by atoms with van der Waals surface area (Å²) in [5, 5.41) is 0.942. The number of ether oxygens (including phenoxy) is 1. The standard InChI is InChI=1S/C12H15BrO2/c1-9-8-11(15-7-3-6-13)4-5-12(9)10(2)14/h4-5,8H,3,6-7H2,1-2H3. The number of carbonyl (C=O) groups excluding carboxylic acids is 1. The van der Waals surface area contributed by atoms with Gasteiger partial charge >= 0.3 is 0 Å². The predicted molar refractivity (Wildman–Crippen MR) is 65.1 cm³/mol. The van der Waals surface area contributed by atoms with E-state index in [1.165, 1.54) is 0 Å². The second-order valence-corrected chi connectivity index (χ2v) is 4.22. The van der Waals surface area contributed by atoms with E-state index >= 15 is 0 Å². The Morgan fingerprint density at radius 3 is 2.73 bits per heavy atom. The number of alkyl halides is 1. The van der Waals surface area contributed by atoms with E-state index in [9.17, 15) is 4.79 Å². The molecule has 0 aliphatic rings. The number of ketones is 1. The molecule has 0 aliphatic heterocycles. The highest BCUT2D eigenvalue weighted by atomic mass is 79.9. The molecule has 0 unspecified atom stereocenters. The van der Waals surface area contributed by atoms with Crippen LogP contribution < -0.4 is 4.74 Å². The summed E-state index contributed by atoms with van der Waals surface area (Å²) in [4.78, 5) is 11.2. The molecule has 1 rings (SSSR count). The van der Waals surface area contributed by atoms with Gasteiger partial charge in [-0.2, -0.15) is 0 Å². The van der Waals surface area contributed by atoms with Crippen LogP contribution >= 0.6 is 15.9 Å². The Kier molecular flexibility index (Phi) is 4.82. The van der Waals surface area contributed by atoms with Crippen LogP contribution in [-0.4, -0.2) is 17.7 Å². The van der Waals surface area contributed by atoms with Gasteiger partial charge in [0.25, 0.3) is 0 Å². The van der Waals surface area contributed by atoms with Gasteiger partial charge < -0.3 is 4.74 Å². The first-order valence-electron chi connectivity index (χ1n) is 4.95. The molecule has 1 aromatic rings. The van der Waals surface area contributed by atoms with Crippen LogP contribution in [0.15, 0.2) is 18.2 Å². The topological polar surface area (TPSA) is 26.3 Å². The van der Waals surface area contributed by atoms with E-state index in [0.717, 1.165) is 28.6 Å². The minimum atomic E-state index is 0.0968. The van der Waals surface area contributed by atoms with Crippen LogP contribution in [0.4, 0.5) is 0 Å². The maximum atomic E-state index is 11.2. The third-order valence-electron chi connectivity index (χ3n) is 2.12. The summed E-state index contributed by atoms with van der Waals surface area (Å²) in [6, 6.07) is 5.57. The van der Waals surface area contributed by atoms with Crippen LogP contribution in [0.25, 0.3) is 0 Å². The summed E-state index contributed by atoms with van der Waals surface area (Å²) in [7, 11) is 0. The maximum Gasteiger partial charge on any atom is 0.160 e. The van der Waals surface area contributed by atoms with E-state index < -0.39 is 0 Å². The van der Waals surface area contributed by atoms with Crippen LogP contribution in [0.3, 0.4) is 0 Å². The lowest BCUT2D eigenvalue weighted by Crippen LogP contribution is -2.00. The lowest BCUT2D eigenvalue weighted by atomic mass is 10.1. The Morgan fingerprint density at radius 2 is 2.20 bits per heavy atom. The minimum absolute atomic E-state index is 0.0968. The van der Waals surface area contributed by atoms with E-state index in [4.69, 9.17) is 4.74 Å². The zero-order valence-corrected chi connectivity index (χ0v) is 10.6. The van der Waals surface area contributed by atoms with Gasteiger partial charge in [-0.1, -0.05) is 15.9 Å². The molecule has 0 fully saturated rings. The van der Waals surface area contributed by atoms with Crippen molar-refractivity contribution in [2.75, 3.05) is 11.9 Å². The van der Waals surface area contributed by atoms with Gasteiger partial charge in [0.2, 0.25) is 0 Å². The van der Waals surface area contributed by atoms with Crippen molar-refractivity contribution < 1.29 is 9.53 Å². The van der Waals surface area contributed by atoms with Gasteiger partial charge in [-0.05, 0) is 44.0 Å². The third kappa shape index (κ3) is 3.67. The molecule has 0 heterocycles. The highest BCUT2D eigenvalue weighted by Crippen LogP contribution is 2.17. The SMILES string of the molecule is CC(=O)c1ccc(OCCCBr)cc1C. The fourth-order valence-corrected chi connectivity index (χ4v) is 1.59. The van der Waals surface area contributed by atoms with E-state index in [-0.39, 0.29) is 5.78 Å². The van der Waals surface area contributed by atoms with Crippen molar-refractivity contribution in [3.8, 4) is 5.75 Å². The molecule has 82 valence electrons. The molecule has 0 atom stereocenters. The van der Waals surface area contributed by atoms with Gasteiger partial charge in [-0.25, -0.2) is 0 Å². The maximum absolute atomic E-state index is 11.2. The number of benzene rings is 1. The summed E-state index contributed by atoms with van der Waals surface area (Å²) < 4.78 is 5.52. The molecule has 2 nitrogen and oxygen atoms in total. The van der Waals surface area contributed by atoms with Gasteiger partial charge in [-0.3, -0.25) is 4.79 Å². The number of Topliss-reactive ketones (excluding diaryl/α,β-unsaturated/α-hetero) is 1. The molecule has 0 amide bonds. The first-order chi connectivity index (χ1) is 7.15. The minimum Gasteiger partial charge on any atom is -0.494 e. The summed E-state index contributed by atoms with van der Waals surface area (Å²) in [6.45, 7) is 4.20. The molecule has 0 aliphatic carbocycles. The zero-order chi connectivity index (χ0) is 11.3. The van der Waals surface area contributed by atoms with Gasteiger partial charge in [-0.15, -0.1) is 0 Å². The monoisotopic (exact) mass is 270 g/mol. The highest BCUT2D eigenvalue weighted by molar-refractivity contribution is 9.09. The third-order valence-corrected chi connectivity index (χ3v) is 2.68. The van der Waals surface area contributed by atoms with Crippen LogP contribution in [0.2, 0.25) is 0 Å². The number of aryl methyl sites for hydroxylation is 1. The van der Waals surface area contributed by atoms with Crippen molar-refractivity contribution in [3.63, 3.8) is 0 Å². The molecule has 0 N–H and O–H groups in total. The average molecular weight is 271 g/mol. The zero-order valence-electron chi connectivity index (χ0n) is 9.05. The molecule has 0 aromatic heterocycles. The Hall–Kier alpha value is -0.830. The van der Waals surface area contributed by atoms with Gasteiger partial charge in [0.15, 0.2) is 5.78 Å². The molecule has 0 bridgehead atoms. The van der Waals surface area contributed by atoms with Crippen molar-refractivity contribution in [2.24, 2.45) is 0 Å². The quantitative estimate of drug-likeness (QED) is 0.466. The molecule has 1 aromatic carbocycles.